The topological polar surface area (TPSA) is 81.4 Å². The van der Waals surface area contributed by atoms with E-state index in [4.69, 9.17) is 19.4 Å². The lowest BCUT2D eigenvalue weighted by Crippen LogP contribution is -2.47. The van der Waals surface area contributed by atoms with E-state index in [1.165, 1.54) is 0 Å². The SMILES string of the molecule is COCc1nc([C@@H]2CCOC2)cc(N2CCN(CCn3cncn3)CC2)n1. The van der Waals surface area contributed by atoms with Crippen LogP contribution in [-0.2, 0) is 22.6 Å². The molecule has 0 unspecified atom stereocenters. The zero-order chi connectivity index (χ0) is 18.5. The summed E-state index contributed by atoms with van der Waals surface area (Å²) in [5.41, 5.74) is 1.08. The minimum Gasteiger partial charge on any atom is -0.381 e. The number of aromatic nitrogens is 5. The van der Waals surface area contributed by atoms with Crippen LogP contribution in [0.25, 0.3) is 0 Å². The summed E-state index contributed by atoms with van der Waals surface area (Å²) in [4.78, 5) is 18.2. The van der Waals surface area contributed by atoms with Crippen molar-refractivity contribution in [1.29, 1.82) is 0 Å². The van der Waals surface area contributed by atoms with E-state index in [0.717, 1.165) is 76.2 Å². The molecule has 0 bridgehead atoms. The van der Waals surface area contributed by atoms with Gasteiger partial charge in [0, 0.05) is 58.4 Å². The van der Waals surface area contributed by atoms with Gasteiger partial charge in [0.05, 0.1) is 18.8 Å². The average Bonchev–Trinajstić information content (AvgIpc) is 3.41. The maximum atomic E-state index is 5.54. The average molecular weight is 373 g/mol. The minimum atomic E-state index is 0.367. The van der Waals surface area contributed by atoms with E-state index in [0.29, 0.717) is 12.5 Å². The van der Waals surface area contributed by atoms with Crippen molar-refractivity contribution in [3.8, 4) is 0 Å². The second-order valence-corrected chi connectivity index (χ2v) is 7.05. The molecule has 0 N–H and O–H groups in total. The molecule has 2 saturated heterocycles. The van der Waals surface area contributed by atoms with Crippen LogP contribution in [0.4, 0.5) is 5.82 Å². The Morgan fingerprint density at radius 1 is 1.19 bits per heavy atom. The summed E-state index contributed by atoms with van der Waals surface area (Å²) < 4.78 is 12.7. The monoisotopic (exact) mass is 373 g/mol. The summed E-state index contributed by atoms with van der Waals surface area (Å²) in [5, 5.41) is 4.17. The summed E-state index contributed by atoms with van der Waals surface area (Å²) in [5.74, 6) is 2.13. The summed E-state index contributed by atoms with van der Waals surface area (Å²) in [6.07, 6.45) is 4.37. The Morgan fingerprint density at radius 2 is 2.07 bits per heavy atom. The standard InChI is InChI=1S/C18H27N7O2/c1-26-12-17-21-16(15-2-9-27-11-15)10-18(22-17)24-6-3-23(4-7-24)5-8-25-14-19-13-20-25/h10,13-15H,2-9,11-12H2,1H3/t15-/m1/s1. The Hall–Kier alpha value is -2.10. The van der Waals surface area contributed by atoms with Crippen molar-refractivity contribution in [1.82, 2.24) is 29.6 Å². The molecule has 9 nitrogen and oxygen atoms in total. The van der Waals surface area contributed by atoms with Crippen LogP contribution in [0.3, 0.4) is 0 Å². The van der Waals surface area contributed by atoms with Crippen LogP contribution in [0.2, 0.25) is 0 Å². The predicted octanol–water partition coefficient (Wildman–Crippen LogP) is 0.541. The lowest BCUT2D eigenvalue weighted by Gasteiger charge is -2.35. The van der Waals surface area contributed by atoms with E-state index in [9.17, 15) is 0 Å². The van der Waals surface area contributed by atoms with Crippen molar-refractivity contribution in [2.45, 2.75) is 25.5 Å². The summed E-state index contributed by atoms with van der Waals surface area (Å²) in [6, 6.07) is 2.14. The van der Waals surface area contributed by atoms with Crippen LogP contribution in [0.1, 0.15) is 23.9 Å². The van der Waals surface area contributed by atoms with Gasteiger partial charge in [0.2, 0.25) is 0 Å². The van der Waals surface area contributed by atoms with Gasteiger partial charge in [-0.25, -0.2) is 15.0 Å². The molecule has 2 aromatic heterocycles. The molecule has 9 heteroatoms. The molecule has 0 aromatic carbocycles. The molecule has 0 spiro atoms. The van der Waals surface area contributed by atoms with Gasteiger partial charge in [-0.05, 0) is 6.42 Å². The number of nitrogens with zero attached hydrogens (tertiary/aromatic N) is 7. The summed E-state index contributed by atoms with van der Waals surface area (Å²) >= 11 is 0. The molecule has 146 valence electrons. The third kappa shape index (κ3) is 4.60. The quantitative estimate of drug-likeness (QED) is 0.696. The van der Waals surface area contributed by atoms with E-state index >= 15 is 0 Å². The number of hydrogen-bond donors (Lipinski definition) is 0. The van der Waals surface area contributed by atoms with Gasteiger partial charge >= 0.3 is 0 Å². The first-order chi connectivity index (χ1) is 13.3. The van der Waals surface area contributed by atoms with Crippen molar-refractivity contribution in [3.05, 3.63) is 30.2 Å². The summed E-state index contributed by atoms with van der Waals surface area (Å²) in [6.45, 7) is 7.81. The molecule has 0 amide bonds. The Labute approximate surface area is 159 Å². The van der Waals surface area contributed by atoms with Crippen LogP contribution in [0.5, 0.6) is 0 Å². The maximum absolute atomic E-state index is 5.54. The molecule has 0 aliphatic carbocycles. The summed E-state index contributed by atoms with van der Waals surface area (Å²) in [7, 11) is 1.68. The van der Waals surface area contributed by atoms with Crippen molar-refractivity contribution >= 4 is 5.82 Å². The molecule has 4 heterocycles. The Balaban J connectivity index is 1.39. The van der Waals surface area contributed by atoms with Crippen molar-refractivity contribution in [2.24, 2.45) is 0 Å². The molecule has 2 aromatic rings. The number of ether oxygens (including phenoxy) is 2. The van der Waals surface area contributed by atoms with E-state index in [1.807, 2.05) is 4.68 Å². The van der Waals surface area contributed by atoms with E-state index < -0.39 is 0 Å². The van der Waals surface area contributed by atoms with Gasteiger partial charge in [-0.3, -0.25) is 9.58 Å². The molecule has 2 fully saturated rings. The Bertz CT molecular complexity index is 711. The van der Waals surface area contributed by atoms with E-state index in [-0.39, 0.29) is 0 Å². The first-order valence-corrected chi connectivity index (χ1v) is 9.56. The second kappa shape index (κ2) is 8.73. The van der Waals surface area contributed by atoms with Gasteiger partial charge in [0.1, 0.15) is 25.1 Å². The fourth-order valence-corrected chi connectivity index (χ4v) is 3.63. The van der Waals surface area contributed by atoms with Gasteiger partial charge in [-0.15, -0.1) is 0 Å². The van der Waals surface area contributed by atoms with Gasteiger partial charge < -0.3 is 14.4 Å². The number of anilines is 1. The molecule has 4 rings (SSSR count). The van der Waals surface area contributed by atoms with Crippen molar-refractivity contribution in [2.75, 3.05) is 57.9 Å². The zero-order valence-electron chi connectivity index (χ0n) is 15.8. The highest BCUT2D eigenvalue weighted by Crippen LogP contribution is 2.26. The lowest BCUT2D eigenvalue weighted by molar-refractivity contribution is 0.177. The van der Waals surface area contributed by atoms with Crippen molar-refractivity contribution in [3.63, 3.8) is 0 Å². The first kappa shape index (κ1) is 18.3. The third-order valence-corrected chi connectivity index (χ3v) is 5.21. The van der Waals surface area contributed by atoms with Crippen LogP contribution >= 0.6 is 0 Å². The molecule has 0 radical (unpaired) electrons. The largest absolute Gasteiger partial charge is 0.381 e. The highest BCUT2D eigenvalue weighted by atomic mass is 16.5. The Morgan fingerprint density at radius 3 is 2.78 bits per heavy atom. The molecule has 1 atom stereocenters. The van der Waals surface area contributed by atoms with Crippen molar-refractivity contribution < 1.29 is 9.47 Å². The van der Waals surface area contributed by atoms with E-state index in [1.54, 1.807) is 19.8 Å². The van der Waals surface area contributed by atoms with Crippen LogP contribution in [0, 0.1) is 0 Å². The molecule has 2 aliphatic rings. The van der Waals surface area contributed by atoms with E-state index in [2.05, 4.69) is 25.9 Å². The fraction of sp³-hybridized carbons (Fsp3) is 0.667. The minimum absolute atomic E-state index is 0.367. The third-order valence-electron chi connectivity index (χ3n) is 5.21. The van der Waals surface area contributed by atoms with Gasteiger partial charge in [-0.2, -0.15) is 5.10 Å². The normalized spacial score (nSPS) is 21.1. The van der Waals surface area contributed by atoms with Gasteiger partial charge in [0.15, 0.2) is 5.82 Å². The molecule has 2 aliphatic heterocycles. The van der Waals surface area contributed by atoms with Gasteiger partial charge in [0.25, 0.3) is 0 Å². The molecular formula is C18H27N7O2. The smallest absolute Gasteiger partial charge is 0.156 e. The van der Waals surface area contributed by atoms with Gasteiger partial charge in [-0.1, -0.05) is 0 Å². The second-order valence-electron chi connectivity index (χ2n) is 7.05. The highest BCUT2D eigenvalue weighted by molar-refractivity contribution is 5.41. The first-order valence-electron chi connectivity index (χ1n) is 9.56. The highest BCUT2D eigenvalue weighted by Gasteiger charge is 2.23. The molecular weight excluding hydrogens is 346 g/mol. The lowest BCUT2D eigenvalue weighted by atomic mass is 10.0. The molecule has 27 heavy (non-hydrogen) atoms. The Kier molecular flexibility index (Phi) is 5.90. The predicted molar refractivity (Wildman–Crippen MR) is 99.6 cm³/mol. The number of rotatable bonds is 7. The van der Waals surface area contributed by atoms with Crippen LogP contribution in [-0.4, -0.2) is 82.7 Å². The van der Waals surface area contributed by atoms with Crippen LogP contribution < -0.4 is 4.90 Å². The number of hydrogen-bond acceptors (Lipinski definition) is 8. The fourth-order valence-electron chi connectivity index (χ4n) is 3.63. The zero-order valence-corrected chi connectivity index (χ0v) is 15.8. The maximum Gasteiger partial charge on any atom is 0.156 e. The molecule has 0 saturated carbocycles. The number of piperazine rings is 1. The van der Waals surface area contributed by atoms with Crippen LogP contribution in [0.15, 0.2) is 18.7 Å². The number of methoxy groups -OCH3 is 1.